The van der Waals surface area contributed by atoms with Crippen molar-refractivity contribution in [3.05, 3.63) is 42.1 Å². The van der Waals surface area contributed by atoms with Crippen LogP contribution in [0.5, 0.6) is 0 Å². The molecule has 1 aromatic rings. The van der Waals surface area contributed by atoms with E-state index in [0.29, 0.717) is 10.8 Å². The van der Waals surface area contributed by atoms with Gasteiger partial charge >= 0.3 is 11.9 Å². The summed E-state index contributed by atoms with van der Waals surface area (Å²) in [4.78, 5) is 23.4. The van der Waals surface area contributed by atoms with E-state index in [4.69, 9.17) is 9.47 Å². The topological polar surface area (TPSA) is 76.1 Å². The molecule has 0 fully saturated rings. The molecule has 0 aromatic heterocycles. The molecule has 1 N–H and O–H groups in total. The van der Waals surface area contributed by atoms with Gasteiger partial charge in [-0.1, -0.05) is 18.2 Å². The van der Waals surface area contributed by atoms with E-state index in [0.717, 1.165) is 6.20 Å². The summed E-state index contributed by atoms with van der Waals surface area (Å²) in [6, 6.07) is 8.43. The fourth-order valence-corrected chi connectivity index (χ4v) is 1.38. The fraction of sp³-hybridized carbons (Fsp3) is 0.286. The number of ether oxygens (including phenoxy) is 2. The van der Waals surface area contributed by atoms with E-state index in [2.05, 4.69) is 0 Å². The van der Waals surface area contributed by atoms with Crippen molar-refractivity contribution in [2.75, 3.05) is 18.3 Å². The Kier molecular flexibility index (Phi) is 6.25. The van der Waals surface area contributed by atoms with Crippen LogP contribution in [0.15, 0.2) is 42.1 Å². The molecule has 6 heteroatoms. The van der Waals surface area contributed by atoms with Crippen LogP contribution in [0.3, 0.4) is 0 Å². The normalized spacial score (nSPS) is 9.55. The number of carbonyl (C=O) groups is 2. The maximum atomic E-state index is 11.7. The molecule has 0 bridgehead atoms. The molecule has 0 aliphatic heterocycles. The van der Waals surface area contributed by atoms with E-state index in [1.165, 1.54) is 0 Å². The third kappa shape index (κ3) is 4.40. The molecule has 0 heterocycles. The molecule has 6 nitrogen and oxygen atoms in total. The average molecular weight is 279 g/mol. The average Bonchev–Trinajstić information content (AvgIpc) is 2.45. The quantitative estimate of drug-likeness (QED) is 0.282. The molecule has 0 spiro atoms. The molecule has 1 rings (SSSR count). The number of nitrogens with zero attached hydrogens (tertiary/aromatic N) is 1. The standard InChI is InChI=1S/C14H17NO5/c1-3-19-13(16)12(14(17)20-4-2)10-15(18)11-8-6-5-7-9-11/h5-10,18H,3-4H2,1-2H3. The zero-order valence-electron chi connectivity index (χ0n) is 11.4. The number of hydroxylamine groups is 1. The highest BCUT2D eigenvalue weighted by Crippen LogP contribution is 2.13. The van der Waals surface area contributed by atoms with Gasteiger partial charge in [0.25, 0.3) is 0 Å². The number of hydrogen-bond acceptors (Lipinski definition) is 6. The lowest BCUT2D eigenvalue weighted by Crippen LogP contribution is -2.22. The molecule has 108 valence electrons. The van der Waals surface area contributed by atoms with Crippen molar-refractivity contribution in [1.82, 2.24) is 0 Å². The second-order valence-corrected chi connectivity index (χ2v) is 3.66. The number of hydrogen-bond donors (Lipinski definition) is 1. The summed E-state index contributed by atoms with van der Waals surface area (Å²) in [5, 5.41) is 10.5. The van der Waals surface area contributed by atoms with Crippen molar-refractivity contribution in [3.63, 3.8) is 0 Å². The summed E-state index contributed by atoms with van der Waals surface area (Å²) in [5.74, 6) is -1.69. The van der Waals surface area contributed by atoms with Gasteiger partial charge in [-0.25, -0.2) is 14.7 Å². The van der Waals surface area contributed by atoms with Crippen LogP contribution >= 0.6 is 0 Å². The van der Waals surface area contributed by atoms with Gasteiger partial charge in [-0.3, -0.25) is 5.21 Å². The third-order valence-electron chi connectivity index (χ3n) is 2.26. The van der Waals surface area contributed by atoms with Gasteiger partial charge < -0.3 is 9.47 Å². The minimum absolute atomic E-state index is 0.117. The number of carbonyl (C=O) groups excluding carboxylic acids is 2. The highest BCUT2D eigenvalue weighted by molar-refractivity contribution is 6.14. The zero-order chi connectivity index (χ0) is 15.0. The highest BCUT2D eigenvalue weighted by Gasteiger charge is 2.22. The minimum Gasteiger partial charge on any atom is -0.462 e. The first-order chi connectivity index (χ1) is 9.60. The Morgan fingerprint density at radius 2 is 1.60 bits per heavy atom. The van der Waals surface area contributed by atoms with E-state index in [1.807, 2.05) is 0 Å². The van der Waals surface area contributed by atoms with E-state index in [-0.39, 0.29) is 18.8 Å². The molecule has 0 amide bonds. The first-order valence-corrected chi connectivity index (χ1v) is 6.19. The number of anilines is 1. The van der Waals surface area contributed by atoms with Crippen molar-refractivity contribution in [2.24, 2.45) is 0 Å². The van der Waals surface area contributed by atoms with Crippen LogP contribution in [-0.2, 0) is 19.1 Å². The molecule has 0 unspecified atom stereocenters. The number of para-hydroxylation sites is 1. The SMILES string of the molecule is CCOC(=O)C(=CN(O)c1ccccc1)C(=O)OCC. The molecular weight excluding hydrogens is 262 g/mol. The summed E-state index contributed by atoms with van der Waals surface area (Å²) in [6.07, 6.45) is 0.978. The van der Waals surface area contributed by atoms with Crippen LogP contribution in [0.1, 0.15) is 13.8 Å². The summed E-state index contributed by atoms with van der Waals surface area (Å²) in [5.41, 5.74) is 0.0265. The molecule has 0 saturated heterocycles. The monoisotopic (exact) mass is 279 g/mol. The van der Waals surface area contributed by atoms with Crippen molar-refractivity contribution >= 4 is 17.6 Å². The second kappa shape index (κ2) is 7.96. The fourth-order valence-electron chi connectivity index (χ4n) is 1.38. The van der Waals surface area contributed by atoms with Gasteiger partial charge in [0, 0.05) is 0 Å². The molecule has 1 aromatic carbocycles. The Morgan fingerprint density at radius 3 is 2.05 bits per heavy atom. The predicted octanol–water partition coefficient (Wildman–Crippen LogP) is 1.89. The first-order valence-electron chi connectivity index (χ1n) is 6.19. The van der Waals surface area contributed by atoms with Gasteiger partial charge in [0.05, 0.1) is 25.1 Å². The van der Waals surface area contributed by atoms with Crippen LogP contribution in [0, 0.1) is 0 Å². The highest BCUT2D eigenvalue weighted by atomic mass is 16.6. The molecule has 0 aliphatic rings. The van der Waals surface area contributed by atoms with Crippen LogP contribution in [0.2, 0.25) is 0 Å². The lowest BCUT2D eigenvalue weighted by molar-refractivity contribution is -0.146. The maximum Gasteiger partial charge on any atom is 0.347 e. The third-order valence-corrected chi connectivity index (χ3v) is 2.26. The van der Waals surface area contributed by atoms with Crippen molar-refractivity contribution in [3.8, 4) is 0 Å². The Hall–Kier alpha value is -2.34. The van der Waals surface area contributed by atoms with Crippen molar-refractivity contribution in [2.45, 2.75) is 13.8 Å². The van der Waals surface area contributed by atoms with E-state index in [9.17, 15) is 14.8 Å². The summed E-state index contributed by atoms with van der Waals surface area (Å²) in [7, 11) is 0. The Balaban J connectivity index is 3.00. The molecule has 0 saturated carbocycles. The van der Waals surface area contributed by atoms with Crippen LogP contribution in [0.25, 0.3) is 0 Å². The van der Waals surface area contributed by atoms with Gasteiger partial charge in [-0.05, 0) is 26.0 Å². The van der Waals surface area contributed by atoms with E-state index < -0.39 is 11.9 Å². The lowest BCUT2D eigenvalue weighted by Gasteiger charge is -2.14. The van der Waals surface area contributed by atoms with Gasteiger partial charge in [0.1, 0.15) is 0 Å². The molecule has 0 aliphatic carbocycles. The van der Waals surface area contributed by atoms with Crippen LogP contribution < -0.4 is 5.06 Å². The molecule has 0 radical (unpaired) electrons. The van der Waals surface area contributed by atoms with E-state index >= 15 is 0 Å². The largest absolute Gasteiger partial charge is 0.462 e. The minimum atomic E-state index is -0.846. The van der Waals surface area contributed by atoms with Crippen LogP contribution in [-0.4, -0.2) is 30.4 Å². The predicted molar refractivity (Wildman–Crippen MR) is 72.1 cm³/mol. The smallest absolute Gasteiger partial charge is 0.347 e. The van der Waals surface area contributed by atoms with E-state index in [1.54, 1.807) is 44.2 Å². The van der Waals surface area contributed by atoms with Crippen LogP contribution in [0.4, 0.5) is 5.69 Å². The summed E-state index contributed by atoms with van der Waals surface area (Å²) < 4.78 is 9.52. The van der Waals surface area contributed by atoms with Gasteiger partial charge in [-0.2, -0.15) is 0 Å². The van der Waals surface area contributed by atoms with Gasteiger partial charge in [0.2, 0.25) is 0 Å². The van der Waals surface area contributed by atoms with Gasteiger partial charge in [0.15, 0.2) is 5.57 Å². The lowest BCUT2D eigenvalue weighted by atomic mass is 10.2. The van der Waals surface area contributed by atoms with Gasteiger partial charge in [-0.15, -0.1) is 0 Å². The molecule has 0 atom stereocenters. The summed E-state index contributed by atoms with van der Waals surface area (Å²) >= 11 is 0. The second-order valence-electron chi connectivity index (χ2n) is 3.66. The zero-order valence-corrected chi connectivity index (χ0v) is 11.4. The molecular formula is C14H17NO5. The van der Waals surface area contributed by atoms with Crippen molar-refractivity contribution in [1.29, 1.82) is 0 Å². The number of rotatable bonds is 6. The Bertz CT molecular complexity index is 464. The number of esters is 2. The Morgan fingerprint density at radius 1 is 1.10 bits per heavy atom. The number of benzene rings is 1. The van der Waals surface area contributed by atoms with Crippen molar-refractivity contribution < 1.29 is 24.3 Å². The Labute approximate surface area is 117 Å². The summed E-state index contributed by atoms with van der Waals surface area (Å²) in [6.45, 7) is 3.47. The molecule has 20 heavy (non-hydrogen) atoms. The first kappa shape index (κ1) is 15.7. The maximum absolute atomic E-state index is 11.7.